The second kappa shape index (κ2) is 9.31. The van der Waals surface area contributed by atoms with Gasteiger partial charge in [-0.3, -0.25) is 4.79 Å². The van der Waals surface area contributed by atoms with Crippen molar-refractivity contribution in [2.45, 2.75) is 20.3 Å². The smallest absolute Gasteiger partial charge is 0.259 e. The molecule has 3 aromatic rings. The van der Waals surface area contributed by atoms with E-state index in [0.717, 1.165) is 25.1 Å². The predicted molar refractivity (Wildman–Crippen MR) is 105 cm³/mol. The van der Waals surface area contributed by atoms with Crippen LogP contribution in [0.15, 0.2) is 40.9 Å². The number of pyridine rings is 1. The van der Waals surface area contributed by atoms with Gasteiger partial charge in [0.25, 0.3) is 11.6 Å². The zero-order valence-corrected chi connectivity index (χ0v) is 15.7. The summed E-state index contributed by atoms with van der Waals surface area (Å²) < 4.78 is 5.31. The van der Waals surface area contributed by atoms with E-state index < -0.39 is 0 Å². The number of hydrogen-bond donors (Lipinski definition) is 2. The fraction of sp³-hybridized carbons (Fsp3) is 0.316. The molecule has 7 heteroatoms. The van der Waals surface area contributed by atoms with Gasteiger partial charge in [-0.15, -0.1) is 12.4 Å². The Balaban J connectivity index is 0.00000243. The summed E-state index contributed by atoms with van der Waals surface area (Å²) in [7, 11) is 0. The second-order valence-electron chi connectivity index (χ2n) is 5.88. The van der Waals surface area contributed by atoms with Crippen molar-refractivity contribution in [1.29, 1.82) is 0 Å². The molecule has 2 N–H and O–H groups in total. The third kappa shape index (κ3) is 4.39. The molecule has 0 aliphatic rings. The summed E-state index contributed by atoms with van der Waals surface area (Å²) in [6, 6.07) is 11.5. The molecule has 0 spiro atoms. The largest absolute Gasteiger partial charge is 0.351 e. The summed E-state index contributed by atoms with van der Waals surface area (Å²) in [5, 5.41) is 10.8. The number of aryl methyl sites for hydroxylation is 1. The molecular weight excluding hydrogens is 352 g/mol. The fourth-order valence-corrected chi connectivity index (χ4v) is 2.69. The first kappa shape index (κ1) is 19.9. The van der Waals surface area contributed by atoms with Crippen LogP contribution in [0, 0.1) is 6.92 Å². The number of aromatic nitrogens is 2. The van der Waals surface area contributed by atoms with Gasteiger partial charge in [-0.2, -0.15) is 0 Å². The summed E-state index contributed by atoms with van der Waals surface area (Å²) in [6.45, 7) is 6.17. The number of rotatable bonds is 7. The first-order chi connectivity index (χ1) is 12.2. The van der Waals surface area contributed by atoms with E-state index >= 15 is 0 Å². The van der Waals surface area contributed by atoms with Crippen molar-refractivity contribution in [3.63, 3.8) is 0 Å². The van der Waals surface area contributed by atoms with E-state index in [-0.39, 0.29) is 18.3 Å². The number of nitrogens with zero attached hydrogens (tertiary/aromatic N) is 2. The van der Waals surface area contributed by atoms with Crippen molar-refractivity contribution in [3.8, 4) is 11.3 Å². The van der Waals surface area contributed by atoms with E-state index in [0.29, 0.717) is 34.6 Å². The quantitative estimate of drug-likeness (QED) is 0.620. The first-order valence-corrected chi connectivity index (χ1v) is 8.52. The van der Waals surface area contributed by atoms with E-state index in [9.17, 15) is 4.79 Å². The number of halogens is 1. The third-order valence-corrected chi connectivity index (χ3v) is 3.95. The molecule has 0 saturated heterocycles. The highest BCUT2D eigenvalue weighted by atomic mass is 35.5. The highest BCUT2D eigenvalue weighted by molar-refractivity contribution is 6.06. The zero-order valence-electron chi connectivity index (χ0n) is 14.9. The Morgan fingerprint density at radius 3 is 2.65 bits per heavy atom. The lowest BCUT2D eigenvalue weighted by Gasteiger charge is -2.09. The number of amides is 1. The van der Waals surface area contributed by atoms with Gasteiger partial charge in [0.15, 0.2) is 0 Å². The lowest BCUT2D eigenvalue weighted by atomic mass is 10.1. The van der Waals surface area contributed by atoms with Gasteiger partial charge in [0.2, 0.25) is 0 Å². The number of carbonyl (C=O) groups excluding carboxylic acids is 1. The SMILES string of the molecule is CCCNCCNC(=O)c1cc(-c2ccccc2)nc2onc(C)c12.Cl. The highest BCUT2D eigenvalue weighted by Gasteiger charge is 2.19. The molecule has 0 saturated carbocycles. The Bertz CT molecular complexity index is 865. The lowest BCUT2D eigenvalue weighted by Crippen LogP contribution is -2.32. The molecule has 26 heavy (non-hydrogen) atoms. The van der Waals surface area contributed by atoms with Crippen LogP contribution < -0.4 is 10.6 Å². The van der Waals surface area contributed by atoms with Gasteiger partial charge in [-0.25, -0.2) is 4.98 Å². The summed E-state index contributed by atoms with van der Waals surface area (Å²) in [5.74, 6) is -0.144. The van der Waals surface area contributed by atoms with Gasteiger partial charge in [0.1, 0.15) is 0 Å². The standard InChI is InChI=1S/C19H22N4O2.ClH/c1-3-9-20-10-11-21-18(24)15-12-16(14-7-5-4-6-8-14)22-19-17(15)13(2)23-25-19;/h4-8,12,20H,3,9-11H2,1-2H3,(H,21,24);1H. The Labute approximate surface area is 158 Å². The molecule has 1 amide bonds. The second-order valence-corrected chi connectivity index (χ2v) is 5.88. The van der Waals surface area contributed by atoms with Gasteiger partial charge >= 0.3 is 0 Å². The molecule has 0 aliphatic heterocycles. The van der Waals surface area contributed by atoms with Crippen molar-refractivity contribution in [2.24, 2.45) is 0 Å². The topological polar surface area (TPSA) is 80.0 Å². The van der Waals surface area contributed by atoms with Crippen LogP contribution in [0.2, 0.25) is 0 Å². The molecule has 0 bridgehead atoms. The summed E-state index contributed by atoms with van der Waals surface area (Å²) in [6.07, 6.45) is 1.07. The van der Waals surface area contributed by atoms with Crippen molar-refractivity contribution >= 4 is 29.4 Å². The Kier molecular flexibility index (Phi) is 7.12. The van der Waals surface area contributed by atoms with Crippen LogP contribution in [0.4, 0.5) is 0 Å². The van der Waals surface area contributed by atoms with E-state index in [1.54, 1.807) is 6.07 Å². The predicted octanol–water partition coefficient (Wildman–Crippen LogP) is 3.35. The number of carbonyl (C=O) groups is 1. The third-order valence-electron chi connectivity index (χ3n) is 3.95. The minimum atomic E-state index is -0.144. The molecule has 138 valence electrons. The minimum Gasteiger partial charge on any atom is -0.351 e. The maximum absolute atomic E-state index is 12.7. The van der Waals surface area contributed by atoms with E-state index in [2.05, 4.69) is 27.7 Å². The minimum absolute atomic E-state index is 0. The molecule has 0 unspecified atom stereocenters. The highest BCUT2D eigenvalue weighted by Crippen LogP contribution is 2.26. The first-order valence-electron chi connectivity index (χ1n) is 8.52. The molecule has 0 fully saturated rings. The summed E-state index contributed by atoms with van der Waals surface area (Å²) in [4.78, 5) is 17.2. The number of benzene rings is 1. The van der Waals surface area contributed by atoms with Crippen LogP contribution in [0.1, 0.15) is 29.4 Å². The molecule has 0 aliphatic carbocycles. The van der Waals surface area contributed by atoms with Gasteiger partial charge in [-0.1, -0.05) is 42.4 Å². The van der Waals surface area contributed by atoms with Crippen molar-refractivity contribution in [2.75, 3.05) is 19.6 Å². The molecule has 0 radical (unpaired) electrons. The van der Waals surface area contributed by atoms with Gasteiger partial charge in [0.05, 0.1) is 22.3 Å². The number of hydrogen-bond acceptors (Lipinski definition) is 5. The van der Waals surface area contributed by atoms with E-state index in [1.165, 1.54) is 0 Å². The number of nitrogens with one attached hydrogen (secondary N) is 2. The fourth-order valence-electron chi connectivity index (χ4n) is 2.69. The normalized spacial score (nSPS) is 10.5. The van der Waals surface area contributed by atoms with E-state index in [4.69, 9.17) is 4.52 Å². The molecular formula is C19H23ClN4O2. The Morgan fingerprint density at radius 2 is 1.92 bits per heavy atom. The van der Waals surface area contributed by atoms with Crippen molar-refractivity contribution in [1.82, 2.24) is 20.8 Å². The van der Waals surface area contributed by atoms with Crippen LogP contribution >= 0.6 is 12.4 Å². The zero-order chi connectivity index (χ0) is 17.6. The molecule has 2 heterocycles. The van der Waals surface area contributed by atoms with Crippen LogP contribution in [0.25, 0.3) is 22.4 Å². The van der Waals surface area contributed by atoms with Gasteiger partial charge in [-0.05, 0) is 26.0 Å². The molecule has 2 aromatic heterocycles. The molecule has 1 aromatic carbocycles. The monoisotopic (exact) mass is 374 g/mol. The Hall–Kier alpha value is -2.44. The maximum atomic E-state index is 12.7. The molecule has 3 rings (SSSR count). The van der Waals surface area contributed by atoms with E-state index in [1.807, 2.05) is 37.3 Å². The van der Waals surface area contributed by atoms with Crippen LogP contribution in [0.3, 0.4) is 0 Å². The Morgan fingerprint density at radius 1 is 1.15 bits per heavy atom. The average molecular weight is 375 g/mol. The lowest BCUT2D eigenvalue weighted by molar-refractivity contribution is 0.0955. The van der Waals surface area contributed by atoms with Crippen molar-refractivity contribution in [3.05, 3.63) is 47.7 Å². The van der Waals surface area contributed by atoms with Crippen LogP contribution in [-0.2, 0) is 0 Å². The summed E-state index contributed by atoms with van der Waals surface area (Å²) in [5.41, 5.74) is 3.21. The number of fused-ring (bicyclic) bond motifs is 1. The van der Waals surface area contributed by atoms with Crippen LogP contribution in [-0.4, -0.2) is 35.7 Å². The average Bonchev–Trinajstić information content (AvgIpc) is 3.02. The maximum Gasteiger partial charge on any atom is 0.259 e. The van der Waals surface area contributed by atoms with Crippen molar-refractivity contribution < 1.29 is 9.32 Å². The van der Waals surface area contributed by atoms with Gasteiger partial charge < -0.3 is 15.2 Å². The molecule has 6 nitrogen and oxygen atoms in total. The summed E-state index contributed by atoms with van der Waals surface area (Å²) >= 11 is 0. The van der Waals surface area contributed by atoms with Gasteiger partial charge in [0, 0.05) is 18.7 Å². The van der Waals surface area contributed by atoms with Crippen LogP contribution in [0.5, 0.6) is 0 Å². The molecule has 0 atom stereocenters.